The Morgan fingerprint density at radius 3 is 2.62 bits per heavy atom. The van der Waals surface area contributed by atoms with Gasteiger partial charge in [-0.2, -0.15) is 0 Å². The van der Waals surface area contributed by atoms with E-state index in [2.05, 4.69) is 46.4 Å². The van der Waals surface area contributed by atoms with E-state index in [1.54, 1.807) is 30.4 Å². The van der Waals surface area contributed by atoms with E-state index in [-0.39, 0.29) is 5.82 Å². The van der Waals surface area contributed by atoms with E-state index in [1.165, 1.54) is 29.5 Å². The van der Waals surface area contributed by atoms with Crippen molar-refractivity contribution in [3.63, 3.8) is 0 Å². The van der Waals surface area contributed by atoms with Crippen molar-refractivity contribution < 1.29 is 13.5 Å². The van der Waals surface area contributed by atoms with Crippen LogP contribution in [0.2, 0.25) is 0 Å². The number of hydrogen-bond donors (Lipinski definition) is 0. The molecule has 4 aromatic rings. The molecule has 0 bridgehead atoms. The maximum atomic E-state index is 13.0. The Hall–Kier alpha value is -2.71. The van der Waals surface area contributed by atoms with Crippen molar-refractivity contribution in [3.8, 4) is 16.3 Å². The molecule has 29 heavy (non-hydrogen) atoms. The molecule has 0 saturated carbocycles. The summed E-state index contributed by atoms with van der Waals surface area (Å²) in [5, 5.41) is 11.6. The van der Waals surface area contributed by atoms with Gasteiger partial charge >= 0.3 is 0 Å². The highest BCUT2D eigenvalue weighted by Gasteiger charge is 2.16. The van der Waals surface area contributed by atoms with Crippen molar-refractivity contribution >= 4 is 23.1 Å². The fourth-order valence-corrected chi connectivity index (χ4v) is 4.14. The van der Waals surface area contributed by atoms with Gasteiger partial charge < -0.3 is 9.15 Å². The van der Waals surface area contributed by atoms with Gasteiger partial charge in [-0.25, -0.2) is 9.37 Å². The second-order valence-corrected chi connectivity index (χ2v) is 8.20. The van der Waals surface area contributed by atoms with E-state index in [4.69, 9.17) is 9.15 Å². The minimum Gasteiger partial charge on any atom is -0.481 e. The SMILES string of the molecule is Cc1ccc(-c2nc(CSc3nnc([C@H](C)Oc4ccc(F)cc4)o3)cs2)cc1. The zero-order chi connectivity index (χ0) is 20.2. The fraction of sp³-hybridized carbons (Fsp3) is 0.190. The molecule has 148 valence electrons. The molecule has 0 fully saturated rings. The Bertz CT molecular complexity index is 1080. The lowest BCUT2D eigenvalue weighted by molar-refractivity contribution is 0.181. The Kier molecular flexibility index (Phi) is 5.92. The number of thioether (sulfide) groups is 1. The lowest BCUT2D eigenvalue weighted by Crippen LogP contribution is -2.03. The minimum absolute atomic E-state index is 0.311. The van der Waals surface area contributed by atoms with Crippen LogP contribution in [-0.4, -0.2) is 15.2 Å². The highest BCUT2D eigenvalue weighted by Crippen LogP contribution is 2.29. The molecule has 2 aromatic carbocycles. The highest BCUT2D eigenvalue weighted by atomic mass is 32.2. The molecule has 0 radical (unpaired) electrons. The first-order chi connectivity index (χ1) is 14.1. The normalized spacial score (nSPS) is 12.1. The van der Waals surface area contributed by atoms with Gasteiger partial charge in [0.05, 0.1) is 5.69 Å². The molecular weight excluding hydrogens is 409 g/mol. The summed E-state index contributed by atoms with van der Waals surface area (Å²) in [7, 11) is 0. The monoisotopic (exact) mass is 427 g/mol. The number of benzene rings is 2. The molecule has 0 unspecified atom stereocenters. The van der Waals surface area contributed by atoms with Gasteiger partial charge in [0.1, 0.15) is 16.6 Å². The van der Waals surface area contributed by atoms with E-state index in [0.29, 0.717) is 22.6 Å². The first-order valence-electron chi connectivity index (χ1n) is 8.97. The third-order valence-electron chi connectivity index (χ3n) is 4.09. The zero-order valence-corrected chi connectivity index (χ0v) is 17.5. The number of aryl methyl sites for hydroxylation is 1. The predicted octanol–water partition coefficient (Wildman–Crippen LogP) is 6.07. The summed E-state index contributed by atoms with van der Waals surface area (Å²) in [6, 6.07) is 14.1. The van der Waals surface area contributed by atoms with Crippen molar-refractivity contribution in [2.45, 2.75) is 30.9 Å². The van der Waals surface area contributed by atoms with Crippen LogP contribution in [-0.2, 0) is 5.75 Å². The van der Waals surface area contributed by atoms with Crippen LogP contribution in [0.4, 0.5) is 4.39 Å². The van der Waals surface area contributed by atoms with Gasteiger partial charge in [0.25, 0.3) is 11.1 Å². The third kappa shape index (κ3) is 5.02. The molecule has 0 saturated heterocycles. The minimum atomic E-state index is -0.435. The topological polar surface area (TPSA) is 61.0 Å². The number of hydrogen-bond acceptors (Lipinski definition) is 7. The van der Waals surface area contributed by atoms with E-state index in [0.717, 1.165) is 16.3 Å². The summed E-state index contributed by atoms with van der Waals surface area (Å²) in [5.41, 5.74) is 3.31. The lowest BCUT2D eigenvalue weighted by Gasteiger charge is -2.10. The lowest BCUT2D eigenvalue weighted by atomic mass is 10.2. The van der Waals surface area contributed by atoms with Crippen LogP contribution in [0.3, 0.4) is 0 Å². The molecular formula is C21H18FN3O2S2. The Morgan fingerprint density at radius 1 is 1.10 bits per heavy atom. The van der Waals surface area contributed by atoms with E-state index in [1.807, 2.05) is 5.38 Å². The summed E-state index contributed by atoms with van der Waals surface area (Å²) in [4.78, 5) is 4.68. The van der Waals surface area contributed by atoms with Gasteiger partial charge in [-0.3, -0.25) is 0 Å². The van der Waals surface area contributed by atoms with Gasteiger partial charge in [0.15, 0.2) is 6.10 Å². The zero-order valence-electron chi connectivity index (χ0n) is 15.8. The molecule has 2 heterocycles. The van der Waals surface area contributed by atoms with Crippen molar-refractivity contribution in [1.82, 2.24) is 15.2 Å². The third-order valence-corrected chi connectivity index (χ3v) is 5.88. The quantitative estimate of drug-likeness (QED) is 0.334. The van der Waals surface area contributed by atoms with Crippen LogP contribution in [0.25, 0.3) is 10.6 Å². The van der Waals surface area contributed by atoms with E-state index >= 15 is 0 Å². The van der Waals surface area contributed by atoms with Crippen molar-refractivity contribution in [1.29, 1.82) is 0 Å². The molecule has 0 amide bonds. The van der Waals surface area contributed by atoms with Gasteiger partial charge in [0.2, 0.25) is 0 Å². The molecule has 0 spiro atoms. The second kappa shape index (κ2) is 8.75. The molecule has 1 atom stereocenters. The summed E-state index contributed by atoms with van der Waals surface area (Å²) in [5.74, 6) is 1.24. The van der Waals surface area contributed by atoms with Crippen LogP contribution in [0.15, 0.2) is 63.6 Å². The Balaban J connectivity index is 1.34. The number of rotatable bonds is 7. The first-order valence-corrected chi connectivity index (χ1v) is 10.8. The predicted molar refractivity (Wildman–Crippen MR) is 112 cm³/mol. The molecule has 0 aliphatic heterocycles. The van der Waals surface area contributed by atoms with Crippen molar-refractivity contribution in [2.75, 3.05) is 0 Å². The average Bonchev–Trinajstić information content (AvgIpc) is 3.38. The average molecular weight is 428 g/mol. The molecule has 0 aliphatic rings. The Labute approximate surface area is 176 Å². The summed E-state index contributed by atoms with van der Waals surface area (Å²) in [6.45, 7) is 3.87. The van der Waals surface area contributed by atoms with Crippen LogP contribution in [0.5, 0.6) is 5.75 Å². The second-order valence-electron chi connectivity index (χ2n) is 6.42. The van der Waals surface area contributed by atoms with Crippen LogP contribution < -0.4 is 4.74 Å². The number of aromatic nitrogens is 3. The first kappa shape index (κ1) is 19.6. The van der Waals surface area contributed by atoms with Crippen LogP contribution in [0, 0.1) is 12.7 Å². The molecule has 5 nitrogen and oxygen atoms in total. The van der Waals surface area contributed by atoms with Gasteiger partial charge in [-0.15, -0.1) is 21.5 Å². The number of thiazole rings is 1. The number of halogens is 1. The van der Waals surface area contributed by atoms with Gasteiger partial charge in [-0.1, -0.05) is 41.6 Å². The summed E-state index contributed by atoms with van der Waals surface area (Å²) >= 11 is 3.05. The van der Waals surface area contributed by atoms with Crippen molar-refractivity contribution in [3.05, 3.63) is 76.9 Å². The molecule has 2 aromatic heterocycles. The fourth-order valence-electron chi connectivity index (χ4n) is 2.55. The largest absolute Gasteiger partial charge is 0.481 e. The standard InChI is InChI=1S/C21H18FN3O2S2/c1-13-3-5-15(6-4-13)20-23-17(11-28-20)12-29-21-25-24-19(27-21)14(2)26-18-9-7-16(22)8-10-18/h3-11,14H,12H2,1-2H3/t14-/m0/s1. The number of ether oxygens (including phenoxy) is 1. The summed E-state index contributed by atoms with van der Waals surface area (Å²) in [6.07, 6.45) is -0.435. The van der Waals surface area contributed by atoms with Gasteiger partial charge in [0, 0.05) is 16.7 Å². The maximum absolute atomic E-state index is 13.0. The maximum Gasteiger partial charge on any atom is 0.277 e. The Morgan fingerprint density at radius 2 is 1.86 bits per heavy atom. The molecule has 4 rings (SSSR count). The number of nitrogens with zero attached hydrogens (tertiary/aromatic N) is 3. The summed E-state index contributed by atoms with van der Waals surface area (Å²) < 4.78 is 24.4. The molecule has 8 heteroatoms. The van der Waals surface area contributed by atoms with Crippen LogP contribution >= 0.6 is 23.1 Å². The van der Waals surface area contributed by atoms with E-state index in [9.17, 15) is 4.39 Å². The smallest absolute Gasteiger partial charge is 0.277 e. The van der Waals surface area contributed by atoms with Gasteiger partial charge in [-0.05, 0) is 38.1 Å². The van der Waals surface area contributed by atoms with Crippen molar-refractivity contribution in [2.24, 2.45) is 0 Å². The van der Waals surface area contributed by atoms with Crippen LogP contribution in [0.1, 0.15) is 30.2 Å². The van der Waals surface area contributed by atoms with E-state index < -0.39 is 6.10 Å². The molecule has 0 N–H and O–H groups in total. The molecule has 0 aliphatic carbocycles. The highest BCUT2D eigenvalue weighted by molar-refractivity contribution is 7.98.